The predicted molar refractivity (Wildman–Crippen MR) is 74.0 cm³/mol. The van der Waals surface area contributed by atoms with Gasteiger partial charge in [-0.15, -0.1) is 22.7 Å². The lowest BCUT2D eigenvalue weighted by Crippen LogP contribution is -2.35. The third kappa shape index (κ3) is 2.91. The second-order valence-corrected chi connectivity index (χ2v) is 6.85. The smallest absolute Gasteiger partial charge is 0.112 e. The zero-order valence-corrected chi connectivity index (χ0v) is 12.4. The van der Waals surface area contributed by atoms with Crippen molar-refractivity contribution in [2.45, 2.75) is 25.9 Å². The van der Waals surface area contributed by atoms with Gasteiger partial charge in [-0.3, -0.25) is 0 Å². The predicted octanol–water partition coefficient (Wildman–Crippen LogP) is 3.99. The van der Waals surface area contributed by atoms with Crippen molar-refractivity contribution < 1.29 is 0 Å². The van der Waals surface area contributed by atoms with E-state index in [1.54, 1.807) is 22.7 Å². The van der Waals surface area contributed by atoms with E-state index in [1.165, 1.54) is 4.88 Å². The van der Waals surface area contributed by atoms with Gasteiger partial charge < -0.3 is 5.32 Å². The average Bonchev–Trinajstić information content (AvgIpc) is 2.85. The molecule has 0 bridgehead atoms. The summed E-state index contributed by atoms with van der Waals surface area (Å²) in [5.41, 5.74) is -0.0648. The molecule has 0 atom stereocenters. The second kappa shape index (κ2) is 4.96. The third-order valence-electron chi connectivity index (χ3n) is 2.29. The summed E-state index contributed by atoms with van der Waals surface area (Å²) in [6, 6.07) is 2.15. The maximum absolute atomic E-state index is 4.36. The van der Waals surface area contributed by atoms with Crippen LogP contribution >= 0.6 is 38.6 Å². The van der Waals surface area contributed by atoms with Crippen molar-refractivity contribution in [3.05, 3.63) is 37.4 Å². The monoisotopic (exact) mass is 316 g/mol. The zero-order chi connectivity index (χ0) is 11.6. The minimum Gasteiger partial charge on any atom is -0.301 e. The van der Waals surface area contributed by atoms with Crippen LogP contribution in [0.25, 0.3) is 0 Å². The molecule has 2 aromatic heterocycles. The highest BCUT2D eigenvalue weighted by Crippen LogP contribution is 2.24. The highest BCUT2D eigenvalue weighted by molar-refractivity contribution is 9.10. The van der Waals surface area contributed by atoms with Crippen molar-refractivity contribution in [3.8, 4) is 0 Å². The summed E-state index contributed by atoms with van der Waals surface area (Å²) >= 11 is 6.92. The lowest BCUT2D eigenvalue weighted by molar-refractivity contribution is 0.401. The van der Waals surface area contributed by atoms with Crippen LogP contribution in [0.3, 0.4) is 0 Å². The first-order chi connectivity index (χ1) is 7.58. The van der Waals surface area contributed by atoms with E-state index in [0.29, 0.717) is 0 Å². The topological polar surface area (TPSA) is 24.9 Å². The van der Waals surface area contributed by atoms with Crippen LogP contribution in [0.5, 0.6) is 0 Å². The first-order valence-corrected chi connectivity index (χ1v) is 7.51. The number of nitrogens with one attached hydrogen (secondary N) is 1. The van der Waals surface area contributed by atoms with E-state index in [4.69, 9.17) is 0 Å². The van der Waals surface area contributed by atoms with Gasteiger partial charge in [-0.05, 0) is 35.8 Å². The average molecular weight is 317 g/mol. The molecule has 16 heavy (non-hydrogen) atoms. The van der Waals surface area contributed by atoms with E-state index < -0.39 is 0 Å². The number of thiazole rings is 1. The summed E-state index contributed by atoms with van der Waals surface area (Å²) in [7, 11) is 0. The molecule has 2 nitrogen and oxygen atoms in total. The molecule has 0 fully saturated rings. The van der Waals surface area contributed by atoms with E-state index in [0.717, 1.165) is 16.0 Å². The highest BCUT2D eigenvalue weighted by atomic mass is 79.9. The molecular formula is C11H13BrN2S2. The van der Waals surface area contributed by atoms with Gasteiger partial charge in [-0.2, -0.15) is 0 Å². The Kier molecular flexibility index (Phi) is 3.79. The van der Waals surface area contributed by atoms with Gasteiger partial charge in [0.2, 0.25) is 0 Å². The molecule has 0 amide bonds. The van der Waals surface area contributed by atoms with Gasteiger partial charge in [0.15, 0.2) is 0 Å². The molecule has 0 radical (unpaired) electrons. The number of hydrogen-bond acceptors (Lipinski definition) is 4. The number of halogens is 1. The fourth-order valence-electron chi connectivity index (χ4n) is 1.36. The van der Waals surface area contributed by atoms with Gasteiger partial charge in [0.05, 0.1) is 5.54 Å². The zero-order valence-electron chi connectivity index (χ0n) is 9.16. The Labute approximate surface area is 112 Å². The molecular weight excluding hydrogens is 304 g/mol. The van der Waals surface area contributed by atoms with Gasteiger partial charge >= 0.3 is 0 Å². The Morgan fingerprint density at radius 2 is 2.25 bits per heavy atom. The van der Waals surface area contributed by atoms with Crippen molar-refractivity contribution in [3.63, 3.8) is 0 Å². The second-order valence-electron chi connectivity index (χ2n) is 4.05. The Balaban J connectivity index is 2.00. The van der Waals surface area contributed by atoms with E-state index in [-0.39, 0.29) is 5.54 Å². The molecule has 86 valence electrons. The number of hydrogen-bond donors (Lipinski definition) is 1. The molecule has 2 rings (SSSR count). The first kappa shape index (κ1) is 12.2. The highest BCUT2D eigenvalue weighted by Gasteiger charge is 2.22. The summed E-state index contributed by atoms with van der Waals surface area (Å²) in [6.45, 7) is 5.20. The van der Waals surface area contributed by atoms with Crippen LogP contribution in [0.4, 0.5) is 0 Å². The molecule has 0 aliphatic carbocycles. The lowest BCUT2D eigenvalue weighted by atomic mass is 10.1. The van der Waals surface area contributed by atoms with Crippen LogP contribution in [0.15, 0.2) is 27.5 Å². The minimum atomic E-state index is -0.0648. The molecule has 0 spiro atoms. The van der Waals surface area contributed by atoms with Crippen LogP contribution in [-0.2, 0) is 12.1 Å². The largest absolute Gasteiger partial charge is 0.301 e. The van der Waals surface area contributed by atoms with E-state index in [9.17, 15) is 0 Å². The third-order valence-corrected chi connectivity index (χ3v) is 5.09. The Morgan fingerprint density at radius 3 is 2.81 bits per heavy atom. The van der Waals surface area contributed by atoms with E-state index in [1.807, 2.05) is 11.6 Å². The van der Waals surface area contributed by atoms with Crippen molar-refractivity contribution in [1.29, 1.82) is 0 Å². The first-order valence-electron chi connectivity index (χ1n) is 4.96. The van der Waals surface area contributed by atoms with Crippen LogP contribution in [-0.4, -0.2) is 4.98 Å². The van der Waals surface area contributed by atoms with Gasteiger partial charge in [0.25, 0.3) is 0 Å². The van der Waals surface area contributed by atoms with Gasteiger partial charge in [-0.25, -0.2) is 4.98 Å². The molecule has 0 saturated carbocycles. The molecule has 0 unspecified atom stereocenters. The SMILES string of the molecule is CC(C)(NCc1cc(Br)cs1)c1nccs1. The number of nitrogens with zero attached hydrogens (tertiary/aromatic N) is 1. The molecule has 0 aliphatic heterocycles. The van der Waals surface area contributed by atoms with Gasteiger partial charge in [0, 0.05) is 32.9 Å². The van der Waals surface area contributed by atoms with Crippen LogP contribution in [0.2, 0.25) is 0 Å². The van der Waals surface area contributed by atoms with E-state index in [2.05, 4.69) is 51.5 Å². The standard InChI is InChI=1S/C11H13BrN2S2/c1-11(2,10-13-3-4-15-10)14-6-9-5-8(12)7-16-9/h3-5,7,14H,6H2,1-2H3. The fourth-order valence-corrected chi connectivity index (χ4v) is 3.49. The maximum Gasteiger partial charge on any atom is 0.112 e. The Bertz CT molecular complexity index is 448. The van der Waals surface area contributed by atoms with Crippen molar-refractivity contribution in [2.24, 2.45) is 0 Å². The molecule has 0 aromatic carbocycles. The number of aromatic nitrogens is 1. The molecule has 1 N–H and O–H groups in total. The fraction of sp³-hybridized carbons (Fsp3) is 0.364. The summed E-state index contributed by atoms with van der Waals surface area (Å²) < 4.78 is 1.15. The molecule has 5 heteroatoms. The minimum absolute atomic E-state index is 0.0648. The van der Waals surface area contributed by atoms with Crippen LogP contribution < -0.4 is 5.32 Å². The maximum atomic E-state index is 4.36. The van der Waals surface area contributed by atoms with Crippen LogP contribution in [0.1, 0.15) is 23.7 Å². The molecule has 0 aliphatic rings. The summed E-state index contributed by atoms with van der Waals surface area (Å²) in [5, 5.41) is 8.78. The number of rotatable bonds is 4. The molecule has 0 saturated heterocycles. The van der Waals surface area contributed by atoms with Crippen molar-refractivity contribution in [1.82, 2.24) is 10.3 Å². The van der Waals surface area contributed by atoms with Crippen LogP contribution in [0, 0.1) is 0 Å². The van der Waals surface area contributed by atoms with Gasteiger partial charge in [-0.1, -0.05) is 0 Å². The van der Waals surface area contributed by atoms with Gasteiger partial charge in [0.1, 0.15) is 5.01 Å². The normalized spacial score (nSPS) is 11.9. The summed E-state index contributed by atoms with van der Waals surface area (Å²) in [6.07, 6.45) is 1.85. The quantitative estimate of drug-likeness (QED) is 0.922. The lowest BCUT2D eigenvalue weighted by Gasteiger charge is -2.23. The molecule has 2 aromatic rings. The number of thiophene rings is 1. The molecule has 2 heterocycles. The van der Waals surface area contributed by atoms with E-state index >= 15 is 0 Å². The summed E-state index contributed by atoms with van der Waals surface area (Å²) in [5.74, 6) is 0. The Morgan fingerprint density at radius 1 is 1.44 bits per heavy atom. The Hall–Kier alpha value is -0.230. The summed E-state index contributed by atoms with van der Waals surface area (Å²) in [4.78, 5) is 5.69. The van der Waals surface area contributed by atoms with Crippen molar-refractivity contribution in [2.75, 3.05) is 0 Å². The van der Waals surface area contributed by atoms with Crippen molar-refractivity contribution >= 4 is 38.6 Å².